The highest BCUT2D eigenvalue weighted by molar-refractivity contribution is 7.16. The van der Waals surface area contributed by atoms with E-state index >= 15 is 0 Å². The molecule has 4 aromatic rings. The van der Waals surface area contributed by atoms with Gasteiger partial charge in [0.2, 0.25) is 0 Å². The molecule has 4 rings (SSSR count). The first-order valence-corrected chi connectivity index (χ1v) is 10.5. The topological polar surface area (TPSA) is 80.9 Å². The largest absolute Gasteiger partial charge is 0.489 e. The van der Waals surface area contributed by atoms with Crippen LogP contribution in [0.1, 0.15) is 28.9 Å². The molecule has 0 saturated carbocycles. The normalized spacial score (nSPS) is 12.6. The molecule has 6 nitrogen and oxygen atoms in total. The summed E-state index contributed by atoms with van der Waals surface area (Å²) in [4.78, 5) is 28.9. The van der Waals surface area contributed by atoms with Crippen molar-refractivity contribution >= 4 is 33.4 Å². The second-order valence-corrected chi connectivity index (χ2v) is 7.96. The molecule has 31 heavy (non-hydrogen) atoms. The zero-order valence-electron chi connectivity index (χ0n) is 16.8. The van der Waals surface area contributed by atoms with E-state index in [1.165, 1.54) is 11.3 Å². The Hall–Kier alpha value is -3.71. The number of hydrogen-bond donors (Lipinski definition) is 1. The standard InChI is InChI=1S/C24H20N2O4S/c1-16(23(28)29)26-20-9-5-6-10-21(20)31-24(26)25-22(27)18-11-13-19(14-12-18)30-15-17-7-3-2-4-8-17/h2-14,16H,15H2,1H3,(H,28,29). The number of benzene rings is 3. The number of aliphatic carboxylic acids is 1. The van der Waals surface area contributed by atoms with E-state index in [9.17, 15) is 14.7 Å². The van der Waals surface area contributed by atoms with Crippen LogP contribution in [0.2, 0.25) is 0 Å². The first-order chi connectivity index (χ1) is 15.0. The molecule has 0 spiro atoms. The van der Waals surface area contributed by atoms with Gasteiger partial charge in [-0.2, -0.15) is 4.99 Å². The summed E-state index contributed by atoms with van der Waals surface area (Å²) in [5.41, 5.74) is 2.19. The molecular weight excluding hydrogens is 412 g/mol. The van der Waals surface area contributed by atoms with Crippen molar-refractivity contribution < 1.29 is 19.4 Å². The lowest BCUT2D eigenvalue weighted by atomic mass is 10.2. The van der Waals surface area contributed by atoms with E-state index in [-0.39, 0.29) is 0 Å². The van der Waals surface area contributed by atoms with Gasteiger partial charge in [0.15, 0.2) is 4.80 Å². The van der Waals surface area contributed by atoms with Gasteiger partial charge in [-0.25, -0.2) is 4.79 Å². The van der Waals surface area contributed by atoms with Crippen molar-refractivity contribution in [2.45, 2.75) is 19.6 Å². The Labute approximate surface area is 182 Å². The summed E-state index contributed by atoms with van der Waals surface area (Å²) in [6.07, 6.45) is 0. The van der Waals surface area contributed by atoms with E-state index in [2.05, 4.69) is 4.99 Å². The number of rotatable bonds is 6. The fourth-order valence-corrected chi connectivity index (χ4v) is 4.24. The molecule has 156 valence electrons. The number of thiazole rings is 1. The average Bonchev–Trinajstić information content (AvgIpc) is 3.15. The van der Waals surface area contributed by atoms with Crippen molar-refractivity contribution in [3.8, 4) is 5.75 Å². The minimum absolute atomic E-state index is 0.352. The van der Waals surface area contributed by atoms with Crippen LogP contribution in [0.4, 0.5) is 0 Å². The molecule has 0 bridgehead atoms. The third-order valence-electron chi connectivity index (χ3n) is 4.82. The third kappa shape index (κ3) is 4.57. The van der Waals surface area contributed by atoms with Crippen LogP contribution >= 0.6 is 11.3 Å². The molecule has 1 N–H and O–H groups in total. The van der Waals surface area contributed by atoms with Gasteiger partial charge in [0, 0.05) is 5.56 Å². The van der Waals surface area contributed by atoms with Crippen molar-refractivity contribution in [1.29, 1.82) is 0 Å². The highest BCUT2D eigenvalue weighted by Gasteiger charge is 2.19. The SMILES string of the molecule is CC(C(=O)O)n1c(=NC(=O)c2ccc(OCc3ccccc3)cc2)sc2ccccc21. The lowest BCUT2D eigenvalue weighted by Crippen LogP contribution is -2.25. The van der Waals surface area contributed by atoms with E-state index in [4.69, 9.17) is 4.74 Å². The number of carboxylic acid groups (broad SMARTS) is 1. The number of nitrogens with zero attached hydrogens (tertiary/aromatic N) is 2. The van der Waals surface area contributed by atoms with Crippen LogP contribution in [0.3, 0.4) is 0 Å². The number of carbonyl (C=O) groups is 2. The zero-order valence-corrected chi connectivity index (χ0v) is 17.6. The predicted octanol–water partition coefficient (Wildman–Crippen LogP) is 4.67. The summed E-state index contributed by atoms with van der Waals surface area (Å²) in [6, 6.07) is 23.1. The van der Waals surface area contributed by atoms with Crippen LogP contribution in [0.25, 0.3) is 10.2 Å². The maximum Gasteiger partial charge on any atom is 0.326 e. The quantitative estimate of drug-likeness (QED) is 0.480. The monoisotopic (exact) mass is 432 g/mol. The van der Waals surface area contributed by atoms with Gasteiger partial charge in [-0.05, 0) is 48.9 Å². The molecule has 0 radical (unpaired) electrons. The summed E-state index contributed by atoms with van der Waals surface area (Å²) in [7, 11) is 0. The van der Waals surface area contributed by atoms with Crippen molar-refractivity contribution in [3.05, 3.63) is 94.8 Å². The van der Waals surface area contributed by atoms with Crippen LogP contribution < -0.4 is 9.54 Å². The van der Waals surface area contributed by atoms with Crippen LogP contribution in [0, 0.1) is 0 Å². The molecule has 0 aliphatic carbocycles. The first-order valence-electron chi connectivity index (χ1n) is 9.71. The second-order valence-electron chi connectivity index (χ2n) is 6.95. The number of fused-ring (bicyclic) bond motifs is 1. The van der Waals surface area contributed by atoms with E-state index in [0.29, 0.717) is 22.7 Å². The number of carbonyl (C=O) groups excluding carboxylic acids is 1. The average molecular weight is 433 g/mol. The van der Waals surface area contributed by atoms with E-state index < -0.39 is 17.9 Å². The van der Waals surface area contributed by atoms with E-state index in [0.717, 1.165) is 15.8 Å². The van der Waals surface area contributed by atoms with Gasteiger partial charge in [-0.3, -0.25) is 4.79 Å². The van der Waals surface area contributed by atoms with Gasteiger partial charge in [0.05, 0.1) is 10.2 Å². The van der Waals surface area contributed by atoms with Crippen molar-refractivity contribution in [3.63, 3.8) is 0 Å². The Morgan fingerprint density at radius 3 is 2.39 bits per heavy atom. The van der Waals surface area contributed by atoms with E-state index in [1.807, 2.05) is 54.6 Å². The number of ether oxygens (including phenoxy) is 1. The van der Waals surface area contributed by atoms with E-state index in [1.54, 1.807) is 35.8 Å². The zero-order chi connectivity index (χ0) is 21.8. The number of amides is 1. The molecule has 0 saturated heterocycles. The summed E-state index contributed by atoms with van der Waals surface area (Å²) in [5, 5.41) is 9.50. The number of aromatic nitrogens is 1. The van der Waals surface area contributed by atoms with Gasteiger partial charge >= 0.3 is 5.97 Å². The van der Waals surface area contributed by atoms with Gasteiger partial charge in [0.1, 0.15) is 18.4 Å². The highest BCUT2D eigenvalue weighted by atomic mass is 32.1. The van der Waals surface area contributed by atoms with Crippen molar-refractivity contribution in [2.24, 2.45) is 4.99 Å². The molecule has 0 aliphatic heterocycles. The summed E-state index contributed by atoms with van der Waals surface area (Å²) < 4.78 is 8.20. The van der Waals surface area contributed by atoms with Gasteiger partial charge in [0.25, 0.3) is 5.91 Å². The Morgan fingerprint density at radius 2 is 1.68 bits per heavy atom. The second kappa shape index (κ2) is 8.97. The lowest BCUT2D eigenvalue weighted by Gasteiger charge is -2.10. The Kier molecular flexibility index (Phi) is 5.95. The fourth-order valence-electron chi connectivity index (χ4n) is 3.14. The molecule has 0 aliphatic rings. The molecule has 1 amide bonds. The van der Waals surface area contributed by atoms with Gasteiger partial charge in [-0.15, -0.1) is 0 Å². The predicted molar refractivity (Wildman–Crippen MR) is 119 cm³/mol. The van der Waals surface area contributed by atoms with Crippen LogP contribution in [-0.2, 0) is 11.4 Å². The number of carboxylic acids is 1. The molecule has 1 aromatic heterocycles. The molecule has 0 fully saturated rings. The summed E-state index contributed by atoms with van der Waals surface area (Å²) in [5.74, 6) is -0.776. The molecule has 7 heteroatoms. The smallest absolute Gasteiger partial charge is 0.326 e. The maximum atomic E-state index is 12.8. The molecule has 1 unspecified atom stereocenters. The van der Waals surface area contributed by atoms with Crippen LogP contribution in [-0.4, -0.2) is 21.6 Å². The minimum atomic E-state index is -0.989. The van der Waals surface area contributed by atoms with Crippen LogP contribution in [0.15, 0.2) is 83.9 Å². The number of para-hydroxylation sites is 1. The molecule has 3 aromatic carbocycles. The number of hydrogen-bond acceptors (Lipinski definition) is 4. The first kappa shape index (κ1) is 20.6. The van der Waals surface area contributed by atoms with Crippen molar-refractivity contribution in [2.75, 3.05) is 0 Å². The van der Waals surface area contributed by atoms with Crippen molar-refractivity contribution in [1.82, 2.24) is 4.57 Å². The van der Waals surface area contributed by atoms with Crippen LogP contribution in [0.5, 0.6) is 5.75 Å². The minimum Gasteiger partial charge on any atom is -0.489 e. The maximum absolute atomic E-state index is 12.8. The Morgan fingerprint density at radius 1 is 1.00 bits per heavy atom. The molecule has 1 heterocycles. The Bertz CT molecular complexity index is 1290. The Balaban J connectivity index is 1.59. The van der Waals surface area contributed by atoms with Gasteiger partial charge in [-0.1, -0.05) is 53.8 Å². The highest BCUT2D eigenvalue weighted by Crippen LogP contribution is 2.21. The lowest BCUT2D eigenvalue weighted by molar-refractivity contribution is -0.140. The fraction of sp³-hybridized carbons (Fsp3) is 0.125. The summed E-state index contributed by atoms with van der Waals surface area (Å²) in [6.45, 7) is 2.01. The van der Waals surface area contributed by atoms with Gasteiger partial charge < -0.3 is 14.4 Å². The molecule has 1 atom stereocenters. The molecular formula is C24H20N2O4S. The summed E-state index contributed by atoms with van der Waals surface area (Å²) >= 11 is 1.29. The third-order valence-corrected chi connectivity index (χ3v) is 5.86.